The van der Waals surface area contributed by atoms with Gasteiger partial charge in [-0.25, -0.2) is 13.2 Å². The molecule has 4 heteroatoms. The van der Waals surface area contributed by atoms with Crippen molar-refractivity contribution >= 4 is 0 Å². The van der Waals surface area contributed by atoms with Crippen LogP contribution in [0.25, 0.3) is 0 Å². The zero-order chi connectivity index (χ0) is 10.6. The quantitative estimate of drug-likeness (QED) is 0.792. The molecule has 0 saturated heterocycles. The third kappa shape index (κ3) is 3.79. The lowest BCUT2D eigenvalue weighted by Gasteiger charge is -2.05. The molecule has 0 atom stereocenters. The maximum Gasteiger partial charge on any atom is 0.250 e. The molecule has 0 radical (unpaired) electrons. The van der Waals surface area contributed by atoms with E-state index >= 15 is 0 Å². The molecular weight excluding hydrogens is 191 g/mol. The number of hydrogen-bond donors (Lipinski definition) is 1. The van der Waals surface area contributed by atoms with Crippen molar-refractivity contribution in [1.29, 1.82) is 0 Å². The molecule has 0 unspecified atom stereocenters. The van der Waals surface area contributed by atoms with Crippen LogP contribution >= 0.6 is 0 Å². The Hall–Kier alpha value is -1.03. The first-order valence-corrected chi connectivity index (χ1v) is 4.33. The van der Waals surface area contributed by atoms with Crippen LogP contribution in [0.4, 0.5) is 13.2 Å². The predicted molar refractivity (Wildman–Crippen MR) is 48.8 cm³/mol. The Bertz CT molecular complexity index is 279. The molecule has 0 amide bonds. The van der Waals surface area contributed by atoms with Crippen LogP contribution in [0.2, 0.25) is 0 Å². The molecular formula is C10H12F3N. The van der Waals surface area contributed by atoms with Gasteiger partial charge in [-0.1, -0.05) is 6.07 Å². The van der Waals surface area contributed by atoms with Crippen molar-refractivity contribution in [3.63, 3.8) is 0 Å². The van der Waals surface area contributed by atoms with Crippen molar-refractivity contribution in [2.24, 2.45) is 0 Å². The zero-order valence-electron chi connectivity index (χ0n) is 7.86. The Morgan fingerprint density at radius 3 is 2.57 bits per heavy atom. The molecule has 0 aliphatic rings. The maximum atomic E-state index is 12.8. The van der Waals surface area contributed by atoms with E-state index in [9.17, 15) is 13.2 Å². The van der Waals surface area contributed by atoms with Crippen molar-refractivity contribution in [3.8, 4) is 0 Å². The van der Waals surface area contributed by atoms with Gasteiger partial charge in [-0.3, -0.25) is 0 Å². The maximum absolute atomic E-state index is 12.8. The van der Waals surface area contributed by atoms with E-state index in [0.717, 1.165) is 5.56 Å². The molecule has 78 valence electrons. The third-order valence-corrected chi connectivity index (χ3v) is 1.73. The van der Waals surface area contributed by atoms with Gasteiger partial charge in [0.1, 0.15) is 5.82 Å². The summed E-state index contributed by atoms with van der Waals surface area (Å²) in [6.07, 6.45) is -2.37. The van der Waals surface area contributed by atoms with Gasteiger partial charge in [0.2, 0.25) is 0 Å². The van der Waals surface area contributed by atoms with Crippen LogP contribution in [0.15, 0.2) is 18.2 Å². The molecule has 0 aromatic heterocycles. The van der Waals surface area contributed by atoms with E-state index in [1.54, 1.807) is 13.0 Å². The first-order valence-electron chi connectivity index (χ1n) is 4.33. The molecule has 0 heterocycles. The summed E-state index contributed by atoms with van der Waals surface area (Å²) < 4.78 is 36.4. The number of alkyl halides is 2. The Kier molecular flexibility index (Phi) is 3.95. The van der Waals surface area contributed by atoms with Gasteiger partial charge >= 0.3 is 0 Å². The lowest BCUT2D eigenvalue weighted by atomic mass is 10.1. The molecule has 0 aliphatic heterocycles. The number of aryl methyl sites for hydroxylation is 1. The summed E-state index contributed by atoms with van der Waals surface area (Å²) in [5, 5.41) is 2.54. The van der Waals surface area contributed by atoms with Gasteiger partial charge in [0.15, 0.2) is 0 Å². The van der Waals surface area contributed by atoms with Gasteiger partial charge < -0.3 is 5.32 Å². The van der Waals surface area contributed by atoms with E-state index in [0.29, 0.717) is 5.56 Å². The smallest absolute Gasteiger partial charge is 0.250 e. The van der Waals surface area contributed by atoms with E-state index < -0.39 is 6.43 Å². The normalized spacial score (nSPS) is 10.9. The van der Waals surface area contributed by atoms with Gasteiger partial charge in [-0.05, 0) is 30.2 Å². The highest BCUT2D eigenvalue weighted by Crippen LogP contribution is 2.07. The largest absolute Gasteiger partial charge is 0.307 e. The number of nitrogens with one attached hydrogen (secondary N) is 1. The minimum atomic E-state index is -2.37. The molecule has 1 N–H and O–H groups in total. The van der Waals surface area contributed by atoms with Gasteiger partial charge in [-0.2, -0.15) is 0 Å². The van der Waals surface area contributed by atoms with Gasteiger partial charge in [-0.15, -0.1) is 0 Å². The van der Waals surface area contributed by atoms with Crippen LogP contribution in [0.3, 0.4) is 0 Å². The summed E-state index contributed by atoms with van der Waals surface area (Å²) >= 11 is 0. The molecule has 0 aliphatic carbocycles. The highest BCUT2D eigenvalue weighted by molar-refractivity contribution is 5.23. The Morgan fingerprint density at radius 1 is 1.29 bits per heavy atom. The molecule has 1 aromatic rings. The van der Waals surface area contributed by atoms with Crippen LogP contribution in [0.5, 0.6) is 0 Å². The fourth-order valence-electron chi connectivity index (χ4n) is 1.24. The van der Waals surface area contributed by atoms with Crippen LogP contribution in [0.1, 0.15) is 11.1 Å². The molecule has 14 heavy (non-hydrogen) atoms. The second-order valence-corrected chi connectivity index (χ2v) is 3.16. The second kappa shape index (κ2) is 5.00. The molecule has 1 nitrogen and oxygen atoms in total. The lowest BCUT2D eigenvalue weighted by Crippen LogP contribution is -2.20. The van der Waals surface area contributed by atoms with E-state index in [1.165, 1.54) is 12.1 Å². The van der Waals surface area contributed by atoms with E-state index in [4.69, 9.17) is 0 Å². The number of hydrogen-bond acceptors (Lipinski definition) is 1. The van der Waals surface area contributed by atoms with Crippen molar-refractivity contribution < 1.29 is 13.2 Å². The van der Waals surface area contributed by atoms with Crippen LogP contribution in [0, 0.1) is 12.7 Å². The Balaban J connectivity index is 2.50. The highest BCUT2D eigenvalue weighted by Gasteiger charge is 2.02. The number of halogens is 3. The summed E-state index contributed by atoms with van der Waals surface area (Å²) in [4.78, 5) is 0. The summed E-state index contributed by atoms with van der Waals surface area (Å²) in [6.45, 7) is 1.66. The summed E-state index contributed by atoms with van der Waals surface area (Å²) in [5.74, 6) is -0.334. The van der Waals surface area contributed by atoms with Gasteiger partial charge in [0.05, 0.1) is 6.54 Å². The van der Waals surface area contributed by atoms with Crippen molar-refractivity contribution in [3.05, 3.63) is 35.1 Å². The van der Waals surface area contributed by atoms with E-state index in [1.807, 2.05) is 0 Å². The van der Waals surface area contributed by atoms with Crippen molar-refractivity contribution in [2.45, 2.75) is 19.9 Å². The average Bonchev–Trinajstić information content (AvgIpc) is 2.01. The molecule has 0 fully saturated rings. The van der Waals surface area contributed by atoms with Crippen molar-refractivity contribution in [2.75, 3.05) is 6.54 Å². The first-order chi connectivity index (χ1) is 6.58. The Labute approximate surface area is 80.9 Å². The van der Waals surface area contributed by atoms with Crippen LogP contribution in [-0.2, 0) is 6.54 Å². The minimum absolute atomic E-state index is 0.267. The average molecular weight is 203 g/mol. The third-order valence-electron chi connectivity index (χ3n) is 1.73. The monoisotopic (exact) mass is 203 g/mol. The van der Waals surface area contributed by atoms with E-state index in [-0.39, 0.29) is 18.9 Å². The fraction of sp³-hybridized carbons (Fsp3) is 0.400. The zero-order valence-corrected chi connectivity index (χ0v) is 7.86. The predicted octanol–water partition coefficient (Wildman–Crippen LogP) is 2.49. The van der Waals surface area contributed by atoms with E-state index in [2.05, 4.69) is 5.32 Å². The Morgan fingerprint density at radius 2 is 2.00 bits per heavy atom. The molecule has 1 rings (SSSR count). The second-order valence-electron chi connectivity index (χ2n) is 3.16. The van der Waals surface area contributed by atoms with Gasteiger partial charge in [0, 0.05) is 6.54 Å². The lowest BCUT2D eigenvalue weighted by molar-refractivity contribution is 0.145. The van der Waals surface area contributed by atoms with Crippen LogP contribution < -0.4 is 5.32 Å². The SMILES string of the molecule is Cc1cc(F)cc(CNCC(F)F)c1. The summed E-state index contributed by atoms with van der Waals surface area (Å²) in [5.41, 5.74) is 1.47. The topological polar surface area (TPSA) is 12.0 Å². The molecule has 1 aromatic carbocycles. The molecule has 0 saturated carbocycles. The molecule has 0 bridgehead atoms. The number of rotatable bonds is 4. The van der Waals surface area contributed by atoms with Crippen molar-refractivity contribution in [1.82, 2.24) is 5.32 Å². The molecule has 0 spiro atoms. The minimum Gasteiger partial charge on any atom is -0.307 e. The standard InChI is InChI=1S/C10H12F3N/c1-7-2-8(4-9(11)3-7)5-14-6-10(12)13/h2-4,10,14H,5-6H2,1H3. The highest BCUT2D eigenvalue weighted by atomic mass is 19.3. The van der Waals surface area contributed by atoms with Crippen LogP contribution in [-0.4, -0.2) is 13.0 Å². The fourth-order valence-corrected chi connectivity index (χ4v) is 1.24. The summed E-state index contributed by atoms with van der Waals surface area (Å²) in [7, 11) is 0. The first kappa shape index (κ1) is 11.0. The van der Waals surface area contributed by atoms with Gasteiger partial charge in [0.25, 0.3) is 6.43 Å². The number of benzene rings is 1. The summed E-state index contributed by atoms with van der Waals surface area (Å²) in [6, 6.07) is 4.50.